The molecule has 2 aromatic heterocycles. The number of hydrogen-bond acceptors (Lipinski definition) is 7. The summed E-state index contributed by atoms with van der Waals surface area (Å²) in [5.74, 6) is 0.350. The lowest BCUT2D eigenvalue weighted by atomic mass is 10.1. The van der Waals surface area contributed by atoms with Gasteiger partial charge in [0.2, 0.25) is 0 Å². The van der Waals surface area contributed by atoms with Crippen LogP contribution in [0.2, 0.25) is 0 Å². The van der Waals surface area contributed by atoms with Gasteiger partial charge in [-0.3, -0.25) is 4.79 Å². The number of rotatable bonds is 9. The van der Waals surface area contributed by atoms with Crippen molar-refractivity contribution in [3.8, 4) is 17.0 Å². The van der Waals surface area contributed by atoms with E-state index in [4.69, 9.17) is 13.9 Å². The molecular weight excluding hydrogens is 496 g/mol. The van der Waals surface area contributed by atoms with Crippen molar-refractivity contribution in [3.05, 3.63) is 70.2 Å². The number of carbonyl (C=O) groups is 1. The molecule has 7 nitrogen and oxygen atoms in total. The molecule has 1 atom stereocenters. The normalized spacial score (nSPS) is 12.8. The topological polar surface area (TPSA) is 91.0 Å². The van der Waals surface area contributed by atoms with Crippen LogP contribution in [0.25, 0.3) is 22.2 Å². The summed E-state index contributed by atoms with van der Waals surface area (Å²) in [4.78, 5) is 16.6. The van der Waals surface area contributed by atoms with Crippen LogP contribution in [-0.4, -0.2) is 32.7 Å². The van der Waals surface area contributed by atoms with Crippen LogP contribution in [0.4, 0.5) is 0 Å². The van der Waals surface area contributed by atoms with E-state index < -0.39 is 15.7 Å². The van der Waals surface area contributed by atoms with Crippen LogP contribution in [-0.2, 0) is 33.5 Å². The second-order valence-electron chi connectivity index (χ2n) is 9.03. The monoisotopic (exact) mass is 524 g/mol. The number of carbonyl (C=O) groups excluding carboxylic acids is 1. The molecular formula is C27H28N2O5S2. The molecule has 0 radical (unpaired) electrons. The molecule has 0 fully saturated rings. The maximum atomic E-state index is 12.2. The van der Waals surface area contributed by atoms with Crippen LogP contribution in [0.1, 0.15) is 43.8 Å². The van der Waals surface area contributed by atoms with E-state index in [0.717, 1.165) is 33.4 Å². The summed E-state index contributed by atoms with van der Waals surface area (Å²) in [6.07, 6.45) is 3.36. The highest BCUT2D eigenvalue weighted by Gasteiger charge is 2.19. The number of ether oxygens (including phenoxy) is 2. The average Bonchev–Trinajstić information content (AvgIpc) is 3.50. The van der Waals surface area contributed by atoms with E-state index in [2.05, 4.69) is 9.38 Å². The SMILES string of the molecule is CCOC(=O)Cc1ccccc1OCc1cc(-c2csc(/C=N/S(=O)C(C)(C)C)n2)c2occc2c1. The van der Waals surface area contributed by atoms with Gasteiger partial charge in [-0.25, -0.2) is 9.19 Å². The maximum Gasteiger partial charge on any atom is 0.310 e. The summed E-state index contributed by atoms with van der Waals surface area (Å²) in [5, 5.41) is 3.53. The summed E-state index contributed by atoms with van der Waals surface area (Å²) in [5.41, 5.74) is 4.02. The standard InChI is InChI=1S/C27H28N2O5S2/c1-5-32-25(30)14-19-8-6-7-9-23(19)34-16-18-12-20-10-11-33-26(20)21(13-18)22-17-35-24(29-22)15-28-36(31)27(2,3)4/h6-13,15,17H,5,14,16H2,1-4H3/b28-15+. The van der Waals surface area contributed by atoms with E-state index in [0.29, 0.717) is 24.0 Å². The van der Waals surface area contributed by atoms with Crippen LogP contribution < -0.4 is 4.74 Å². The van der Waals surface area contributed by atoms with Gasteiger partial charge in [-0.2, -0.15) is 4.40 Å². The molecule has 0 aliphatic rings. The van der Waals surface area contributed by atoms with E-state index in [1.807, 2.05) is 68.6 Å². The van der Waals surface area contributed by atoms with Gasteiger partial charge in [-0.15, -0.1) is 11.3 Å². The molecule has 0 saturated carbocycles. The van der Waals surface area contributed by atoms with E-state index in [9.17, 15) is 9.00 Å². The number of para-hydroxylation sites is 1. The van der Waals surface area contributed by atoms with Crippen molar-refractivity contribution >= 4 is 45.5 Å². The second-order valence-corrected chi connectivity index (χ2v) is 11.9. The smallest absolute Gasteiger partial charge is 0.310 e. The van der Waals surface area contributed by atoms with Gasteiger partial charge in [0.15, 0.2) is 0 Å². The minimum atomic E-state index is -1.35. The third-order valence-corrected chi connectivity index (χ3v) is 7.32. The number of aromatic nitrogens is 1. The Balaban J connectivity index is 1.57. The summed E-state index contributed by atoms with van der Waals surface area (Å²) in [6.45, 7) is 8.07. The van der Waals surface area contributed by atoms with Crippen molar-refractivity contribution in [2.45, 2.75) is 45.5 Å². The molecule has 4 rings (SSSR count). The van der Waals surface area contributed by atoms with Gasteiger partial charge in [-0.05, 0) is 57.5 Å². The van der Waals surface area contributed by atoms with Crippen molar-refractivity contribution in [2.75, 3.05) is 6.61 Å². The van der Waals surface area contributed by atoms with Crippen molar-refractivity contribution in [2.24, 2.45) is 4.40 Å². The quantitative estimate of drug-likeness (QED) is 0.193. The summed E-state index contributed by atoms with van der Waals surface area (Å²) in [6, 6.07) is 13.4. The third kappa shape index (κ3) is 6.27. The highest BCUT2D eigenvalue weighted by molar-refractivity contribution is 7.85. The molecule has 0 amide bonds. The number of thiazole rings is 1. The zero-order valence-electron chi connectivity index (χ0n) is 20.6. The lowest BCUT2D eigenvalue weighted by molar-refractivity contribution is -0.142. The maximum absolute atomic E-state index is 12.2. The van der Waals surface area contributed by atoms with Gasteiger partial charge in [-0.1, -0.05) is 18.2 Å². The molecule has 4 aromatic rings. The van der Waals surface area contributed by atoms with E-state index >= 15 is 0 Å². The highest BCUT2D eigenvalue weighted by atomic mass is 32.2. The highest BCUT2D eigenvalue weighted by Crippen LogP contribution is 2.32. The first-order valence-corrected chi connectivity index (χ1v) is 13.5. The van der Waals surface area contributed by atoms with Crippen LogP contribution in [0.15, 0.2) is 62.9 Å². The van der Waals surface area contributed by atoms with Crippen LogP contribution >= 0.6 is 11.3 Å². The van der Waals surface area contributed by atoms with Crippen molar-refractivity contribution in [1.29, 1.82) is 0 Å². The molecule has 0 bridgehead atoms. The molecule has 36 heavy (non-hydrogen) atoms. The van der Waals surface area contributed by atoms with Crippen LogP contribution in [0.3, 0.4) is 0 Å². The Bertz CT molecular complexity index is 1420. The van der Waals surface area contributed by atoms with Crippen molar-refractivity contribution < 1.29 is 22.9 Å². The number of hydrogen-bond donors (Lipinski definition) is 0. The third-order valence-electron chi connectivity index (χ3n) is 5.20. The fourth-order valence-corrected chi connectivity index (χ4v) is 4.71. The Labute approximate surface area is 216 Å². The number of fused-ring (bicyclic) bond motifs is 1. The zero-order valence-corrected chi connectivity index (χ0v) is 22.3. The Morgan fingerprint density at radius 3 is 2.81 bits per heavy atom. The molecule has 0 N–H and O–H groups in total. The van der Waals surface area contributed by atoms with Crippen molar-refractivity contribution in [1.82, 2.24) is 4.98 Å². The molecule has 0 aliphatic heterocycles. The van der Waals surface area contributed by atoms with E-state index in [-0.39, 0.29) is 12.4 Å². The molecule has 0 spiro atoms. The van der Waals surface area contributed by atoms with Gasteiger partial charge < -0.3 is 13.9 Å². The van der Waals surface area contributed by atoms with Gasteiger partial charge in [0.1, 0.15) is 33.9 Å². The van der Waals surface area contributed by atoms with Crippen LogP contribution in [0, 0.1) is 0 Å². The van der Waals surface area contributed by atoms with Gasteiger partial charge in [0, 0.05) is 21.9 Å². The predicted octanol–water partition coefficient (Wildman–Crippen LogP) is 6.12. The molecule has 0 aliphatic carbocycles. The lowest BCUT2D eigenvalue weighted by Crippen LogP contribution is -2.19. The van der Waals surface area contributed by atoms with E-state index in [1.54, 1.807) is 19.4 Å². The first-order chi connectivity index (χ1) is 17.2. The fourth-order valence-electron chi connectivity index (χ4n) is 3.46. The Morgan fingerprint density at radius 1 is 1.22 bits per heavy atom. The minimum absolute atomic E-state index is 0.152. The number of nitrogens with zero attached hydrogens (tertiary/aromatic N) is 2. The fraction of sp³-hybridized carbons (Fsp3) is 0.296. The average molecular weight is 525 g/mol. The molecule has 2 heterocycles. The number of esters is 1. The molecule has 188 valence electrons. The first-order valence-electron chi connectivity index (χ1n) is 11.5. The number of benzene rings is 2. The molecule has 2 aromatic carbocycles. The second kappa shape index (κ2) is 11.2. The van der Waals surface area contributed by atoms with Crippen LogP contribution in [0.5, 0.6) is 5.75 Å². The molecule has 1 unspecified atom stereocenters. The lowest BCUT2D eigenvalue weighted by Gasteiger charge is -2.12. The first kappa shape index (κ1) is 25.8. The largest absolute Gasteiger partial charge is 0.489 e. The van der Waals surface area contributed by atoms with Gasteiger partial charge >= 0.3 is 5.97 Å². The van der Waals surface area contributed by atoms with Crippen molar-refractivity contribution in [3.63, 3.8) is 0 Å². The minimum Gasteiger partial charge on any atom is -0.489 e. The Kier molecular flexibility index (Phi) is 8.01. The Morgan fingerprint density at radius 2 is 2.03 bits per heavy atom. The number of furan rings is 1. The van der Waals surface area contributed by atoms with Gasteiger partial charge in [0.25, 0.3) is 0 Å². The summed E-state index contributed by atoms with van der Waals surface area (Å²) >= 11 is 1.42. The predicted molar refractivity (Wildman–Crippen MR) is 144 cm³/mol. The zero-order chi connectivity index (χ0) is 25.7. The van der Waals surface area contributed by atoms with E-state index in [1.165, 1.54) is 11.3 Å². The summed E-state index contributed by atoms with van der Waals surface area (Å²) in [7, 11) is -1.35. The Hall–Kier alpha value is -3.30. The molecule has 9 heteroatoms. The van der Waals surface area contributed by atoms with Gasteiger partial charge in [0.05, 0.1) is 35.9 Å². The molecule has 0 saturated heterocycles. The summed E-state index contributed by atoms with van der Waals surface area (Å²) < 4.78 is 32.9.